The Morgan fingerprint density at radius 2 is 2.33 bits per heavy atom. The number of nitrogens with one attached hydrogen (secondary N) is 1. The molecule has 0 radical (unpaired) electrons. The van der Waals surface area contributed by atoms with E-state index < -0.39 is 0 Å². The number of anilines is 1. The lowest BCUT2D eigenvalue weighted by Crippen LogP contribution is -2.44. The summed E-state index contributed by atoms with van der Waals surface area (Å²) in [7, 11) is 0. The molecule has 1 aromatic heterocycles. The fourth-order valence-electron chi connectivity index (χ4n) is 2.76. The van der Waals surface area contributed by atoms with Gasteiger partial charge >= 0.3 is 0 Å². The number of rotatable bonds is 3. The van der Waals surface area contributed by atoms with Crippen LogP contribution >= 0.6 is 0 Å². The van der Waals surface area contributed by atoms with E-state index in [4.69, 9.17) is 5.73 Å². The number of carbonyl (C=O) groups is 1. The Bertz CT molecular complexity index is 405. The van der Waals surface area contributed by atoms with Crippen LogP contribution in [0.1, 0.15) is 55.1 Å². The van der Waals surface area contributed by atoms with Crippen LogP contribution in [0.3, 0.4) is 0 Å². The highest BCUT2D eigenvalue weighted by molar-refractivity contribution is 5.99. The van der Waals surface area contributed by atoms with Gasteiger partial charge in [0.05, 0.1) is 0 Å². The zero-order valence-electron chi connectivity index (χ0n) is 11.2. The van der Waals surface area contributed by atoms with Gasteiger partial charge in [0, 0.05) is 18.3 Å². The van der Waals surface area contributed by atoms with Crippen LogP contribution in [0.2, 0.25) is 0 Å². The van der Waals surface area contributed by atoms with Crippen LogP contribution in [0, 0.1) is 6.92 Å². The first-order chi connectivity index (χ1) is 8.65. The minimum absolute atomic E-state index is 0.0388. The van der Waals surface area contributed by atoms with Crippen LogP contribution in [-0.4, -0.2) is 33.6 Å². The highest BCUT2D eigenvalue weighted by Gasteiger charge is 2.29. The van der Waals surface area contributed by atoms with E-state index in [1.54, 1.807) is 0 Å². The Kier molecular flexibility index (Phi) is 3.89. The first-order valence-corrected chi connectivity index (χ1v) is 6.76. The van der Waals surface area contributed by atoms with Gasteiger partial charge in [-0.05, 0) is 32.6 Å². The van der Waals surface area contributed by atoms with Gasteiger partial charge in [0.2, 0.25) is 0 Å². The van der Waals surface area contributed by atoms with Crippen LogP contribution in [0.15, 0.2) is 0 Å². The molecule has 3 N–H and O–H groups in total. The maximum absolute atomic E-state index is 12.6. The van der Waals surface area contributed by atoms with Crippen LogP contribution in [0.4, 0.5) is 5.82 Å². The molecule has 1 aliphatic rings. The smallest absolute Gasteiger partial charge is 0.259 e. The standard InChI is InChI=1S/C13H22N4O/c1-3-6-10-7-4-5-8-17(10)13(18)11-9(2)15-16-12(11)14/h10H,3-8H2,1-2H3,(H3,14,15,16). The summed E-state index contributed by atoms with van der Waals surface area (Å²) in [5.74, 6) is 0.357. The van der Waals surface area contributed by atoms with Crippen LogP contribution in [0.25, 0.3) is 0 Å². The lowest BCUT2D eigenvalue weighted by molar-refractivity contribution is 0.0601. The lowest BCUT2D eigenvalue weighted by Gasteiger charge is -2.35. The fourth-order valence-corrected chi connectivity index (χ4v) is 2.76. The molecule has 0 aromatic carbocycles. The Hall–Kier alpha value is -1.52. The third kappa shape index (κ3) is 2.35. The number of nitrogen functional groups attached to an aromatic ring is 1. The van der Waals surface area contributed by atoms with Gasteiger partial charge in [0.25, 0.3) is 5.91 Å². The fraction of sp³-hybridized carbons (Fsp3) is 0.692. The van der Waals surface area contributed by atoms with E-state index in [2.05, 4.69) is 17.1 Å². The number of hydrogen-bond acceptors (Lipinski definition) is 3. The van der Waals surface area contributed by atoms with Crippen LogP contribution in [0.5, 0.6) is 0 Å². The SMILES string of the molecule is CCCC1CCCCN1C(=O)c1c(N)n[nH]c1C. The molecular weight excluding hydrogens is 228 g/mol. The largest absolute Gasteiger partial charge is 0.382 e. The molecule has 1 amide bonds. The molecule has 1 fully saturated rings. The molecule has 1 aliphatic heterocycles. The normalized spacial score (nSPS) is 20.1. The van der Waals surface area contributed by atoms with Gasteiger partial charge < -0.3 is 10.6 Å². The highest BCUT2D eigenvalue weighted by atomic mass is 16.2. The van der Waals surface area contributed by atoms with Gasteiger partial charge in [-0.3, -0.25) is 9.89 Å². The molecule has 0 saturated carbocycles. The number of nitrogens with zero attached hydrogens (tertiary/aromatic N) is 2. The van der Waals surface area contributed by atoms with E-state index in [0.29, 0.717) is 17.4 Å². The topological polar surface area (TPSA) is 75.0 Å². The summed E-state index contributed by atoms with van der Waals surface area (Å²) < 4.78 is 0. The number of hydrogen-bond donors (Lipinski definition) is 2. The second-order valence-corrected chi connectivity index (χ2v) is 5.05. The van der Waals surface area contributed by atoms with Gasteiger partial charge in [0.15, 0.2) is 5.82 Å². The minimum atomic E-state index is 0.0388. The van der Waals surface area contributed by atoms with Gasteiger partial charge in [-0.1, -0.05) is 13.3 Å². The Morgan fingerprint density at radius 1 is 1.56 bits per heavy atom. The molecule has 0 bridgehead atoms. The number of carbonyl (C=O) groups excluding carboxylic acids is 1. The van der Waals surface area contributed by atoms with E-state index in [9.17, 15) is 4.79 Å². The van der Waals surface area contributed by atoms with E-state index in [1.165, 1.54) is 6.42 Å². The first-order valence-electron chi connectivity index (χ1n) is 6.76. The van der Waals surface area contributed by atoms with Crippen molar-refractivity contribution in [2.75, 3.05) is 12.3 Å². The van der Waals surface area contributed by atoms with Gasteiger partial charge in [-0.15, -0.1) is 0 Å². The number of amides is 1. The Balaban J connectivity index is 2.21. The third-order valence-corrected chi connectivity index (χ3v) is 3.70. The van der Waals surface area contributed by atoms with Crippen molar-refractivity contribution in [3.63, 3.8) is 0 Å². The molecule has 2 rings (SSSR count). The molecule has 1 saturated heterocycles. The number of likely N-dealkylation sites (tertiary alicyclic amines) is 1. The van der Waals surface area contributed by atoms with E-state index in [0.717, 1.165) is 37.9 Å². The van der Waals surface area contributed by atoms with Crippen LogP contribution in [-0.2, 0) is 0 Å². The summed E-state index contributed by atoms with van der Waals surface area (Å²) in [5, 5.41) is 6.69. The zero-order chi connectivity index (χ0) is 13.1. The minimum Gasteiger partial charge on any atom is -0.382 e. The second kappa shape index (κ2) is 5.42. The van der Waals surface area contributed by atoms with Crippen LogP contribution < -0.4 is 5.73 Å². The molecule has 18 heavy (non-hydrogen) atoms. The van der Waals surface area contributed by atoms with Crippen molar-refractivity contribution in [3.8, 4) is 0 Å². The molecule has 1 aromatic rings. The molecular formula is C13H22N4O. The molecule has 0 spiro atoms. The van der Waals surface area contributed by atoms with E-state index in [1.807, 2.05) is 11.8 Å². The molecule has 5 heteroatoms. The van der Waals surface area contributed by atoms with Crippen molar-refractivity contribution in [2.24, 2.45) is 0 Å². The number of aromatic amines is 1. The average Bonchev–Trinajstić information content (AvgIpc) is 2.69. The number of H-pyrrole nitrogens is 1. The summed E-state index contributed by atoms with van der Waals surface area (Å²) in [4.78, 5) is 14.6. The second-order valence-electron chi connectivity index (χ2n) is 5.05. The van der Waals surface area contributed by atoms with E-state index in [-0.39, 0.29) is 5.91 Å². The number of aryl methyl sites for hydroxylation is 1. The summed E-state index contributed by atoms with van der Waals surface area (Å²) in [6, 6.07) is 0.366. The van der Waals surface area contributed by atoms with Gasteiger partial charge in [-0.25, -0.2) is 0 Å². The predicted octanol–water partition coefficient (Wildman–Crippen LogP) is 2.10. The van der Waals surface area contributed by atoms with Gasteiger partial charge in [0.1, 0.15) is 5.56 Å². The number of aromatic nitrogens is 2. The van der Waals surface area contributed by atoms with Crippen molar-refractivity contribution < 1.29 is 4.79 Å². The maximum atomic E-state index is 12.6. The highest BCUT2D eigenvalue weighted by Crippen LogP contribution is 2.25. The van der Waals surface area contributed by atoms with Crippen molar-refractivity contribution in [3.05, 3.63) is 11.3 Å². The summed E-state index contributed by atoms with van der Waals surface area (Å²) in [6.07, 6.45) is 5.59. The Morgan fingerprint density at radius 3 is 2.94 bits per heavy atom. The summed E-state index contributed by atoms with van der Waals surface area (Å²) >= 11 is 0. The maximum Gasteiger partial charge on any atom is 0.259 e. The number of piperidine rings is 1. The van der Waals surface area contributed by atoms with Crippen molar-refractivity contribution in [1.82, 2.24) is 15.1 Å². The monoisotopic (exact) mass is 250 g/mol. The molecule has 0 aliphatic carbocycles. The predicted molar refractivity (Wildman–Crippen MR) is 71.3 cm³/mol. The molecule has 1 unspecified atom stereocenters. The molecule has 5 nitrogen and oxygen atoms in total. The third-order valence-electron chi connectivity index (χ3n) is 3.70. The first kappa shape index (κ1) is 12.9. The molecule has 2 heterocycles. The molecule has 100 valence electrons. The quantitative estimate of drug-likeness (QED) is 0.862. The summed E-state index contributed by atoms with van der Waals surface area (Å²) in [6.45, 7) is 4.84. The summed E-state index contributed by atoms with van der Waals surface area (Å²) in [5.41, 5.74) is 7.09. The van der Waals surface area contributed by atoms with E-state index >= 15 is 0 Å². The average molecular weight is 250 g/mol. The lowest BCUT2D eigenvalue weighted by atomic mass is 9.97. The van der Waals surface area contributed by atoms with Crippen molar-refractivity contribution >= 4 is 11.7 Å². The Labute approximate surface area is 108 Å². The van der Waals surface area contributed by atoms with Crippen molar-refractivity contribution in [2.45, 2.75) is 52.0 Å². The number of nitrogens with two attached hydrogens (primary N) is 1. The van der Waals surface area contributed by atoms with Gasteiger partial charge in [-0.2, -0.15) is 5.10 Å². The zero-order valence-corrected chi connectivity index (χ0v) is 11.2. The van der Waals surface area contributed by atoms with Crippen molar-refractivity contribution in [1.29, 1.82) is 0 Å². The molecule has 1 atom stereocenters.